The Balaban J connectivity index is 1.30. The molecule has 2 aromatic rings. The van der Waals surface area contributed by atoms with Crippen LogP contribution in [0.5, 0.6) is 0 Å². The van der Waals surface area contributed by atoms with Crippen molar-refractivity contribution in [2.75, 3.05) is 44.2 Å². The number of piperidine rings is 2. The first-order chi connectivity index (χ1) is 18.4. The van der Waals surface area contributed by atoms with Crippen LogP contribution in [0.25, 0.3) is 0 Å². The van der Waals surface area contributed by atoms with Crippen LogP contribution in [-0.4, -0.2) is 77.6 Å². The van der Waals surface area contributed by atoms with Crippen molar-refractivity contribution in [1.82, 2.24) is 14.7 Å². The molecule has 9 heteroatoms. The standard InChI is InChI=1S/C29H36N4O4S/c1-3-30(4-2)26(34)21-10-7-15-32(18-21)27(35)20-9-6-14-31(17-20)24-13-5-12-23-25(24)29(37)33(28(23)36)19-22-11-8-16-38-22/h5,8,11-13,16,20-21H,3-4,6-7,9-10,14-15,17-19H2,1-2H3/t20-,21+/m0/s1. The van der Waals surface area contributed by atoms with Crippen molar-refractivity contribution in [2.45, 2.75) is 46.1 Å². The van der Waals surface area contributed by atoms with Gasteiger partial charge in [0.15, 0.2) is 0 Å². The van der Waals surface area contributed by atoms with E-state index >= 15 is 0 Å². The molecule has 2 saturated heterocycles. The molecule has 38 heavy (non-hydrogen) atoms. The lowest BCUT2D eigenvalue weighted by molar-refractivity contribution is -0.142. The maximum atomic E-state index is 13.6. The van der Waals surface area contributed by atoms with Crippen LogP contribution >= 0.6 is 11.3 Å². The summed E-state index contributed by atoms with van der Waals surface area (Å²) in [7, 11) is 0. The van der Waals surface area contributed by atoms with E-state index in [4.69, 9.17) is 0 Å². The van der Waals surface area contributed by atoms with Crippen molar-refractivity contribution in [1.29, 1.82) is 0 Å². The molecule has 202 valence electrons. The second-order valence-electron chi connectivity index (χ2n) is 10.4. The van der Waals surface area contributed by atoms with E-state index < -0.39 is 0 Å². The molecule has 8 nitrogen and oxygen atoms in total. The van der Waals surface area contributed by atoms with Gasteiger partial charge in [-0.1, -0.05) is 12.1 Å². The zero-order valence-corrected chi connectivity index (χ0v) is 23.0. The van der Waals surface area contributed by atoms with E-state index in [1.54, 1.807) is 6.07 Å². The van der Waals surface area contributed by atoms with Crippen molar-refractivity contribution >= 4 is 40.7 Å². The summed E-state index contributed by atoms with van der Waals surface area (Å²) in [5.74, 6) is -0.619. The number of carbonyl (C=O) groups is 4. The zero-order chi connectivity index (χ0) is 26.8. The molecule has 2 atom stereocenters. The Morgan fingerprint density at radius 2 is 1.71 bits per heavy atom. The first kappa shape index (κ1) is 26.4. The highest BCUT2D eigenvalue weighted by Crippen LogP contribution is 2.35. The van der Waals surface area contributed by atoms with Crippen LogP contribution in [0.1, 0.15) is 65.1 Å². The summed E-state index contributed by atoms with van der Waals surface area (Å²) in [6.07, 6.45) is 3.27. The minimum Gasteiger partial charge on any atom is -0.370 e. The van der Waals surface area contributed by atoms with E-state index in [0.717, 1.165) is 42.8 Å². The highest BCUT2D eigenvalue weighted by Gasteiger charge is 2.40. The van der Waals surface area contributed by atoms with Crippen LogP contribution in [0.3, 0.4) is 0 Å². The van der Waals surface area contributed by atoms with Gasteiger partial charge in [0.1, 0.15) is 0 Å². The summed E-state index contributed by atoms with van der Waals surface area (Å²) in [5.41, 5.74) is 1.62. The third-order valence-electron chi connectivity index (χ3n) is 8.14. The van der Waals surface area contributed by atoms with Gasteiger partial charge in [0.25, 0.3) is 11.8 Å². The fourth-order valence-corrected chi connectivity index (χ4v) is 6.80. The topological polar surface area (TPSA) is 81.2 Å². The van der Waals surface area contributed by atoms with Gasteiger partial charge in [0.05, 0.1) is 35.2 Å². The number of rotatable bonds is 7. The summed E-state index contributed by atoms with van der Waals surface area (Å²) in [6.45, 7) is 8.03. The lowest BCUT2D eigenvalue weighted by Crippen LogP contribution is -2.50. The van der Waals surface area contributed by atoms with Crippen LogP contribution in [0, 0.1) is 11.8 Å². The van der Waals surface area contributed by atoms with Gasteiger partial charge in [-0.2, -0.15) is 0 Å². The van der Waals surface area contributed by atoms with Gasteiger partial charge in [-0.3, -0.25) is 24.1 Å². The second kappa shape index (κ2) is 11.3. The largest absolute Gasteiger partial charge is 0.370 e. The number of fused-ring (bicyclic) bond motifs is 1. The third kappa shape index (κ3) is 4.96. The number of hydrogen-bond acceptors (Lipinski definition) is 6. The molecule has 0 saturated carbocycles. The van der Waals surface area contributed by atoms with Crippen LogP contribution in [-0.2, 0) is 16.1 Å². The molecular weight excluding hydrogens is 500 g/mol. The lowest BCUT2D eigenvalue weighted by Gasteiger charge is -2.39. The SMILES string of the molecule is CCN(CC)C(=O)[C@@H]1CCCN(C(=O)[C@H]2CCCN(c3cccc4c3C(=O)N(Cc3cccs3)C4=O)C2)C1. The molecule has 1 aromatic heterocycles. The molecule has 4 heterocycles. The zero-order valence-electron chi connectivity index (χ0n) is 22.2. The molecule has 4 amide bonds. The van der Waals surface area contributed by atoms with Crippen molar-refractivity contribution in [3.63, 3.8) is 0 Å². The van der Waals surface area contributed by atoms with Crippen LogP contribution in [0.4, 0.5) is 5.69 Å². The normalized spacial score (nSPS) is 21.6. The molecule has 3 aliphatic rings. The molecular formula is C29H36N4O4S. The van der Waals surface area contributed by atoms with E-state index in [2.05, 4.69) is 4.90 Å². The molecule has 5 rings (SSSR count). The Morgan fingerprint density at radius 1 is 0.947 bits per heavy atom. The van der Waals surface area contributed by atoms with Crippen molar-refractivity contribution in [3.05, 3.63) is 51.7 Å². The fourth-order valence-electron chi connectivity index (χ4n) is 6.11. The number of carbonyl (C=O) groups excluding carboxylic acids is 4. The maximum absolute atomic E-state index is 13.6. The Bertz CT molecular complexity index is 1210. The summed E-state index contributed by atoms with van der Waals surface area (Å²) < 4.78 is 0. The predicted molar refractivity (Wildman–Crippen MR) is 147 cm³/mol. The van der Waals surface area contributed by atoms with Gasteiger partial charge in [-0.25, -0.2) is 0 Å². The number of nitrogens with zero attached hydrogens (tertiary/aromatic N) is 4. The first-order valence-corrected chi connectivity index (χ1v) is 14.6. The van der Waals surface area contributed by atoms with E-state index in [9.17, 15) is 19.2 Å². The van der Waals surface area contributed by atoms with Gasteiger partial charge in [0, 0.05) is 44.1 Å². The number of anilines is 1. The number of thiophene rings is 1. The number of hydrogen-bond donors (Lipinski definition) is 0. The number of amides is 4. The lowest BCUT2D eigenvalue weighted by atomic mass is 9.91. The van der Waals surface area contributed by atoms with Crippen LogP contribution < -0.4 is 4.90 Å². The molecule has 1 aromatic carbocycles. The van der Waals surface area contributed by atoms with Crippen molar-refractivity contribution in [2.24, 2.45) is 11.8 Å². The minimum absolute atomic E-state index is 0.0982. The average Bonchev–Trinajstić information content (AvgIpc) is 3.56. The molecule has 2 fully saturated rings. The first-order valence-electron chi connectivity index (χ1n) is 13.8. The monoisotopic (exact) mass is 536 g/mol. The Hall–Kier alpha value is -3.20. The van der Waals surface area contributed by atoms with Gasteiger partial charge in [-0.05, 0) is 63.1 Å². The summed E-state index contributed by atoms with van der Waals surface area (Å²) in [5, 5.41) is 1.94. The van der Waals surface area contributed by atoms with Crippen molar-refractivity contribution < 1.29 is 19.2 Å². The smallest absolute Gasteiger partial charge is 0.264 e. The third-order valence-corrected chi connectivity index (χ3v) is 9.00. The molecule has 0 bridgehead atoms. The summed E-state index contributed by atoms with van der Waals surface area (Å²) in [4.78, 5) is 61.3. The molecule has 0 spiro atoms. The Labute approximate surface area is 228 Å². The number of benzene rings is 1. The summed E-state index contributed by atoms with van der Waals surface area (Å²) in [6, 6.07) is 9.29. The predicted octanol–water partition coefficient (Wildman–Crippen LogP) is 3.87. The maximum Gasteiger partial charge on any atom is 0.264 e. The van der Waals surface area contributed by atoms with E-state index in [1.807, 2.05) is 53.3 Å². The van der Waals surface area contributed by atoms with Gasteiger partial charge < -0.3 is 14.7 Å². The van der Waals surface area contributed by atoms with E-state index in [1.165, 1.54) is 16.2 Å². The highest BCUT2D eigenvalue weighted by atomic mass is 32.1. The van der Waals surface area contributed by atoms with Crippen molar-refractivity contribution in [3.8, 4) is 0 Å². The molecule has 3 aliphatic heterocycles. The second-order valence-corrected chi connectivity index (χ2v) is 11.4. The van der Waals surface area contributed by atoms with Gasteiger partial charge in [-0.15, -0.1) is 11.3 Å². The Morgan fingerprint density at radius 3 is 2.45 bits per heavy atom. The van der Waals surface area contributed by atoms with Crippen LogP contribution in [0.15, 0.2) is 35.7 Å². The number of likely N-dealkylation sites (tertiary alicyclic amines) is 1. The molecule has 0 unspecified atom stereocenters. The summed E-state index contributed by atoms with van der Waals surface area (Å²) >= 11 is 1.53. The van der Waals surface area contributed by atoms with E-state index in [0.29, 0.717) is 43.9 Å². The molecule has 0 aliphatic carbocycles. The minimum atomic E-state index is -0.267. The molecule has 0 N–H and O–H groups in total. The van der Waals surface area contributed by atoms with Gasteiger partial charge >= 0.3 is 0 Å². The number of imide groups is 1. The van der Waals surface area contributed by atoms with E-state index in [-0.39, 0.29) is 42.0 Å². The Kier molecular flexibility index (Phi) is 7.83. The highest BCUT2D eigenvalue weighted by molar-refractivity contribution is 7.09. The quantitative estimate of drug-likeness (QED) is 0.502. The average molecular weight is 537 g/mol. The molecule has 0 radical (unpaired) electrons. The fraction of sp³-hybridized carbons (Fsp3) is 0.517. The van der Waals surface area contributed by atoms with Crippen LogP contribution in [0.2, 0.25) is 0 Å². The van der Waals surface area contributed by atoms with Gasteiger partial charge in [0.2, 0.25) is 11.8 Å².